The van der Waals surface area contributed by atoms with Crippen LogP contribution in [-0.4, -0.2) is 22.2 Å². The molecule has 0 aliphatic heterocycles. The average Bonchev–Trinajstić information content (AvgIpc) is 2.48. The van der Waals surface area contributed by atoms with Crippen molar-refractivity contribution in [3.63, 3.8) is 0 Å². The summed E-state index contributed by atoms with van der Waals surface area (Å²) >= 11 is 0. The molecule has 0 unspecified atom stereocenters. The van der Waals surface area contributed by atoms with Gasteiger partial charge in [0.05, 0.1) is 11.1 Å². The molecule has 0 amide bonds. The minimum absolute atomic E-state index is 0. The minimum atomic E-state index is -0.879. The van der Waals surface area contributed by atoms with E-state index in [4.69, 9.17) is 10.2 Å². The van der Waals surface area contributed by atoms with E-state index < -0.39 is 11.9 Å². The third-order valence-corrected chi connectivity index (χ3v) is 3.00. The normalized spacial score (nSPS) is 9.87. The summed E-state index contributed by atoms with van der Waals surface area (Å²) in [5, 5.41) is 17.2. The second kappa shape index (κ2) is 9.21. The summed E-state index contributed by atoms with van der Waals surface area (Å²) in [6.45, 7) is 6.19. The molecule has 2 aromatic rings. The number of carboxylic acids is 2. The van der Waals surface area contributed by atoms with Crippen molar-refractivity contribution in [3.05, 3.63) is 71.3 Å². The molecule has 0 saturated heterocycles. The van der Waals surface area contributed by atoms with E-state index in [1.165, 1.54) is 0 Å². The summed E-state index contributed by atoms with van der Waals surface area (Å²) in [4.78, 5) is 20.9. The van der Waals surface area contributed by atoms with E-state index in [0.29, 0.717) is 11.1 Å². The molecule has 2 rings (SSSR count). The maximum Gasteiger partial charge on any atom is 0.335 e. The maximum atomic E-state index is 10.7. The predicted molar refractivity (Wildman–Crippen MR) is 85.5 cm³/mol. The molecule has 2 N–H and O–H groups in total. The van der Waals surface area contributed by atoms with E-state index in [2.05, 4.69) is 20.8 Å². The summed E-state index contributed by atoms with van der Waals surface area (Å²) < 4.78 is 0. The van der Waals surface area contributed by atoms with Gasteiger partial charge in [0.2, 0.25) is 0 Å². The fourth-order valence-electron chi connectivity index (χ4n) is 1.70. The second-order valence-electron chi connectivity index (χ2n) is 5.81. The first-order chi connectivity index (χ1) is 10.2. The summed E-state index contributed by atoms with van der Waals surface area (Å²) in [6.07, 6.45) is 0. The van der Waals surface area contributed by atoms with Crippen LogP contribution in [-0.2, 0) is 24.9 Å². The van der Waals surface area contributed by atoms with Gasteiger partial charge in [-0.15, -0.1) is 0 Å². The molecule has 118 valence electrons. The molecule has 0 bridgehead atoms. The van der Waals surface area contributed by atoms with Crippen LogP contribution < -0.4 is 0 Å². The topological polar surface area (TPSA) is 74.6 Å². The van der Waals surface area contributed by atoms with Crippen molar-refractivity contribution < 1.29 is 39.3 Å². The molecule has 0 heterocycles. The maximum absolute atomic E-state index is 10.7. The summed E-state index contributed by atoms with van der Waals surface area (Å²) in [5.74, 6) is -1.75. The molecule has 0 aromatic heterocycles. The van der Waals surface area contributed by atoms with Crippen LogP contribution in [0.15, 0.2) is 54.6 Å². The van der Waals surface area contributed by atoms with Gasteiger partial charge in [-0.2, -0.15) is 0 Å². The first-order valence-electron chi connectivity index (χ1n) is 6.84. The van der Waals surface area contributed by atoms with Crippen molar-refractivity contribution >= 4 is 11.9 Å². The van der Waals surface area contributed by atoms with Crippen molar-refractivity contribution in [3.8, 4) is 0 Å². The summed E-state index contributed by atoms with van der Waals surface area (Å²) in [7, 11) is 0. The molecule has 0 aliphatic rings. The van der Waals surface area contributed by atoms with Crippen LogP contribution in [0.1, 0.15) is 47.1 Å². The van der Waals surface area contributed by atoms with Crippen LogP contribution in [0, 0.1) is 0 Å². The molecule has 0 saturated carbocycles. The number of hydrogen-bond donors (Lipinski definition) is 2. The number of aromatic carboxylic acids is 2. The smallest absolute Gasteiger partial charge is 0.335 e. The second-order valence-corrected chi connectivity index (χ2v) is 5.81. The Balaban J connectivity index is 0.000000427. The first-order valence-corrected chi connectivity index (χ1v) is 6.84. The van der Waals surface area contributed by atoms with Gasteiger partial charge in [0.25, 0.3) is 0 Å². The van der Waals surface area contributed by atoms with Crippen LogP contribution in [0.25, 0.3) is 0 Å². The largest absolute Gasteiger partial charge is 0.478 e. The van der Waals surface area contributed by atoms with E-state index in [-0.39, 0.29) is 24.9 Å². The van der Waals surface area contributed by atoms with Gasteiger partial charge < -0.3 is 10.2 Å². The van der Waals surface area contributed by atoms with Crippen LogP contribution >= 0.6 is 0 Å². The fraction of sp³-hybridized carbons (Fsp3) is 0.222. The number of benzene rings is 2. The fourth-order valence-corrected chi connectivity index (χ4v) is 1.70. The van der Waals surface area contributed by atoms with Gasteiger partial charge in [0.15, 0.2) is 0 Å². The zero-order chi connectivity index (χ0) is 16.8. The molecule has 23 heavy (non-hydrogen) atoms. The van der Waals surface area contributed by atoms with E-state index in [1.807, 2.05) is 6.07 Å². The van der Waals surface area contributed by atoms with E-state index in [9.17, 15) is 9.59 Å². The van der Waals surface area contributed by atoms with Crippen LogP contribution in [0.4, 0.5) is 0 Å². The Labute approximate surface area is 148 Å². The monoisotopic (exact) mass is 364 g/mol. The Morgan fingerprint density at radius 1 is 0.783 bits per heavy atom. The third-order valence-electron chi connectivity index (χ3n) is 3.00. The zero-order valence-electron chi connectivity index (χ0n) is 13.6. The SMILES string of the molecule is CC(C)(C)c1cccc(C(=O)O)c1.O=C(O)c1ccccc1.[Zn]. The average molecular weight is 366 g/mol. The molecule has 2 aromatic carbocycles. The van der Waals surface area contributed by atoms with Crippen molar-refractivity contribution in [1.82, 2.24) is 0 Å². The van der Waals surface area contributed by atoms with Gasteiger partial charge in [-0.05, 0) is 35.2 Å². The molecule has 5 heteroatoms. The zero-order valence-corrected chi connectivity index (χ0v) is 16.6. The van der Waals surface area contributed by atoms with Crippen molar-refractivity contribution in [2.75, 3.05) is 0 Å². The van der Waals surface area contributed by atoms with Gasteiger partial charge in [-0.3, -0.25) is 0 Å². The standard InChI is InChI=1S/C11H14O2.C7H6O2.Zn/c1-11(2,3)9-6-4-5-8(7-9)10(12)13;8-7(9)6-4-2-1-3-5-6;/h4-7H,1-3H3,(H,12,13);1-5H,(H,8,9);. The molecule has 0 atom stereocenters. The van der Waals surface area contributed by atoms with Crippen LogP contribution in [0.2, 0.25) is 0 Å². The minimum Gasteiger partial charge on any atom is -0.478 e. The Kier molecular flexibility index (Phi) is 8.41. The van der Waals surface area contributed by atoms with Gasteiger partial charge in [-0.25, -0.2) is 9.59 Å². The Morgan fingerprint density at radius 2 is 1.26 bits per heavy atom. The molecule has 0 spiro atoms. The quantitative estimate of drug-likeness (QED) is 0.787. The van der Waals surface area contributed by atoms with Crippen molar-refractivity contribution in [1.29, 1.82) is 0 Å². The number of rotatable bonds is 2. The molecule has 0 fully saturated rings. The van der Waals surface area contributed by atoms with Crippen molar-refractivity contribution in [2.45, 2.75) is 26.2 Å². The van der Waals surface area contributed by atoms with E-state index in [0.717, 1.165) is 5.56 Å². The van der Waals surface area contributed by atoms with Gasteiger partial charge in [0, 0.05) is 19.5 Å². The van der Waals surface area contributed by atoms with Crippen LogP contribution in [0.3, 0.4) is 0 Å². The molecule has 0 aliphatic carbocycles. The Bertz CT molecular complexity index is 646. The van der Waals surface area contributed by atoms with E-state index >= 15 is 0 Å². The Hall–Kier alpha value is -2.00. The summed E-state index contributed by atoms with van der Waals surface area (Å²) in [5.41, 5.74) is 1.74. The van der Waals surface area contributed by atoms with Crippen LogP contribution in [0.5, 0.6) is 0 Å². The summed E-state index contributed by atoms with van der Waals surface area (Å²) in [6, 6.07) is 15.4. The number of carboxylic acid groups (broad SMARTS) is 2. The first kappa shape index (κ1) is 21.0. The van der Waals surface area contributed by atoms with Gasteiger partial charge in [0.1, 0.15) is 0 Å². The number of carbonyl (C=O) groups is 2. The predicted octanol–water partition coefficient (Wildman–Crippen LogP) is 4.06. The molecule has 0 radical (unpaired) electrons. The molecule has 4 nitrogen and oxygen atoms in total. The van der Waals surface area contributed by atoms with Gasteiger partial charge in [-0.1, -0.05) is 51.1 Å². The van der Waals surface area contributed by atoms with Crippen molar-refractivity contribution in [2.24, 2.45) is 0 Å². The molecular formula is C18H20O4Zn. The number of hydrogen-bond acceptors (Lipinski definition) is 2. The molecular weight excluding hydrogens is 346 g/mol. The third kappa shape index (κ3) is 7.20. The van der Waals surface area contributed by atoms with E-state index in [1.54, 1.807) is 48.5 Å². The van der Waals surface area contributed by atoms with Gasteiger partial charge >= 0.3 is 11.9 Å². The Morgan fingerprint density at radius 3 is 1.65 bits per heavy atom.